The molecular weight excluding hydrogens is 488 g/mol. The Bertz CT molecular complexity index is 1420. The summed E-state index contributed by atoms with van der Waals surface area (Å²) in [5.74, 6) is 0.670. The third-order valence-electron chi connectivity index (χ3n) is 7.84. The molecule has 1 amide bonds. The second-order valence-corrected chi connectivity index (χ2v) is 10.8. The Hall–Kier alpha value is -3.82. The van der Waals surface area contributed by atoms with Crippen LogP contribution in [0.2, 0.25) is 0 Å². The highest BCUT2D eigenvalue weighted by Gasteiger charge is 2.18. The summed E-state index contributed by atoms with van der Waals surface area (Å²) in [7, 11) is 2.14. The zero-order chi connectivity index (χ0) is 26.6. The summed E-state index contributed by atoms with van der Waals surface area (Å²) in [6.07, 6.45) is 10.8. The van der Waals surface area contributed by atoms with E-state index in [0.717, 1.165) is 73.7 Å². The van der Waals surface area contributed by atoms with Crippen LogP contribution in [-0.2, 0) is 6.54 Å². The molecule has 2 saturated heterocycles. The van der Waals surface area contributed by atoms with Gasteiger partial charge in [0.1, 0.15) is 5.82 Å². The van der Waals surface area contributed by atoms with Gasteiger partial charge in [-0.1, -0.05) is 18.9 Å². The van der Waals surface area contributed by atoms with Crippen LogP contribution in [0.4, 0.5) is 11.5 Å². The lowest BCUT2D eigenvalue weighted by Gasteiger charge is -2.33. The van der Waals surface area contributed by atoms with E-state index in [0.29, 0.717) is 11.4 Å². The average Bonchev–Trinajstić information content (AvgIpc) is 3.22. The molecule has 2 aliphatic rings. The highest BCUT2D eigenvalue weighted by molar-refractivity contribution is 6.11. The number of amides is 1. The first kappa shape index (κ1) is 25.5. The Kier molecular flexibility index (Phi) is 7.51. The van der Waals surface area contributed by atoms with Gasteiger partial charge in [-0.3, -0.25) is 19.8 Å². The van der Waals surface area contributed by atoms with Gasteiger partial charge in [-0.25, -0.2) is 4.98 Å². The number of carbonyl (C=O) groups excluding carboxylic acids is 1. The quantitative estimate of drug-likeness (QED) is 0.386. The fourth-order valence-corrected chi connectivity index (χ4v) is 5.52. The minimum Gasteiger partial charge on any atom is -0.354 e. The van der Waals surface area contributed by atoms with Gasteiger partial charge in [0, 0.05) is 56.1 Å². The molecule has 3 aromatic heterocycles. The zero-order valence-electron chi connectivity index (χ0n) is 22.6. The molecule has 0 spiro atoms. The fourth-order valence-electron chi connectivity index (χ4n) is 5.52. The first-order valence-electron chi connectivity index (χ1n) is 14.0. The number of hydrogen-bond donors (Lipinski definition) is 2. The van der Waals surface area contributed by atoms with E-state index in [2.05, 4.69) is 59.4 Å². The number of piperazine rings is 1. The van der Waals surface area contributed by atoms with E-state index in [4.69, 9.17) is 0 Å². The summed E-state index contributed by atoms with van der Waals surface area (Å²) in [5.41, 5.74) is 5.11. The lowest BCUT2D eigenvalue weighted by atomic mass is 10.0. The zero-order valence-corrected chi connectivity index (χ0v) is 22.6. The van der Waals surface area contributed by atoms with Crippen LogP contribution in [0.5, 0.6) is 0 Å². The van der Waals surface area contributed by atoms with Crippen molar-refractivity contribution in [1.29, 1.82) is 0 Å². The first-order chi connectivity index (χ1) is 19.1. The molecule has 4 aromatic rings. The molecule has 202 valence electrons. The number of nitrogens with one attached hydrogen (secondary N) is 2. The van der Waals surface area contributed by atoms with Gasteiger partial charge in [0.2, 0.25) is 0 Å². The number of aromatic amines is 1. The lowest BCUT2D eigenvalue weighted by molar-refractivity contribution is 0.102. The number of hydrogen-bond acceptors (Lipinski definition) is 7. The predicted molar refractivity (Wildman–Crippen MR) is 155 cm³/mol. The van der Waals surface area contributed by atoms with Crippen LogP contribution in [0, 0.1) is 0 Å². The highest BCUT2D eigenvalue weighted by atomic mass is 16.1. The fraction of sp³-hybridized carbons (Fsp3) is 0.400. The van der Waals surface area contributed by atoms with Crippen LogP contribution < -0.4 is 10.2 Å². The van der Waals surface area contributed by atoms with E-state index in [9.17, 15) is 4.79 Å². The number of likely N-dealkylation sites (N-methyl/N-ethyl adjacent to an activating group) is 1. The van der Waals surface area contributed by atoms with Crippen molar-refractivity contribution in [2.24, 2.45) is 0 Å². The van der Waals surface area contributed by atoms with Gasteiger partial charge >= 0.3 is 0 Å². The Morgan fingerprint density at radius 2 is 1.72 bits per heavy atom. The molecule has 9 heteroatoms. The van der Waals surface area contributed by atoms with Crippen molar-refractivity contribution in [3.63, 3.8) is 0 Å². The third-order valence-corrected chi connectivity index (χ3v) is 7.84. The van der Waals surface area contributed by atoms with E-state index in [1.807, 2.05) is 36.7 Å². The molecule has 0 bridgehead atoms. The Balaban J connectivity index is 1.17. The van der Waals surface area contributed by atoms with Crippen LogP contribution >= 0.6 is 0 Å². The first-order valence-corrected chi connectivity index (χ1v) is 14.0. The summed E-state index contributed by atoms with van der Waals surface area (Å²) < 4.78 is 0. The van der Waals surface area contributed by atoms with E-state index < -0.39 is 0 Å². The SMILES string of the molecule is CN1CCN(c2ccc(NC(=O)c3n[nH]c4ccc(-c5cncc(CN6CCCCCC6)c5)cc34)cn2)CC1. The maximum atomic E-state index is 13.2. The Morgan fingerprint density at radius 1 is 0.897 bits per heavy atom. The average molecular weight is 525 g/mol. The van der Waals surface area contributed by atoms with Crippen molar-refractivity contribution in [3.8, 4) is 11.1 Å². The molecule has 2 aliphatic heterocycles. The largest absolute Gasteiger partial charge is 0.354 e. The molecule has 2 N–H and O–H groups in total. The summed E-state index contributed by atoms with van der Waals surface area (Å²) in [6.45, 7) is 7.17. The monoisotopic (exact) mass is 524 g/mol. The maximum absolute atomic E-state index is 13.2. The van der Waals surface area contributed by atoms with Gasteiger partial charge in [-0.15, -0.1) is 0 Å². The van der Waals surface area contributed by atoms with Gasteiger partial charge in [-0.05, 0) is 74.4 Å². The van der Waals surface area contributed by atoms with Gasteiger partial charge in [0.05, 0.1) is 17.4 Å². The van der Waals surface area contributed by atoms with Crippen LogP contribution in [-0.4, -0.2) is 82.2 Å². The molecule has 0 unspecified atom stereocenters. The van der Waals surface area contributed by atoms with Crippen molar-refractivity contribution < 1.29 is 4.79 Å². The van der Waals surface area contributed by atoms with Gasteiger partial charge in [0.15, 0.2) is 5.69 Å². The molecule has 0 atom stereocenters. The van der Waals surface area contributed by atoms with Crippen molar-refractivity contribution in [3.05, 3.63) is 66.2 Å². The molecule has 0 aliphatic carbocycles. The van der Waals surface area contributed by atoms with Crippen molar-refractivity contribution in [1.82, 2.24) is 30.0 Å². The summed E-state index contributed by atoms with van der Waals surface area (Å²) in [4.78, 5) is 29.4. The number of rotatable bonds is 6. The second kappa shape index (κ2) is 11.5. The van der Waals surface area contributed by atoms with Crippen LogP contribution in [0.1, 0.15) is 41.7 Å². The lowest BCUT2D eigenvalue weighted by Crippen LogP contribution is -2.44. The van der Waals surface area contributed by atoms with Gasteiger partial charge in [-0.2, -0.15) is 5.10 Å². The standard InChI is InChI=1S/C30H36N8O/c1-36-12-14-38(15-13-36)28-9-7-25(20-32-28)33-30(39)29-26-17-23(6-8-27(26)34-35-29)24-16-22(18-31-19-24)21-37-10-4-2-3-5-11-37/h6-9,16-20H,2-5,10-15,21H2,1H3,(H,33,39)(H,34,35). The van der Waals surface area contributed by atoms with E-state index >= 15 is 0 Å². The van der Waals surface area contributed by atoms with Crippen LogP contribution in [0.15, 0.2) is 55.0 Å². The minimum atomic E-state index is -0.263. The maximum Gasteiger partial charge on any atom is 0.276 e. The number of aromatic nitrogens is 4. The topological polar surface area (TPSA) is 93.3 Å². The highest BCUT2D eigenvalue weighted by Crippen LogP contribution is 2.27. The summed E-state index contributed by atoms with van der Waals surface area (Å²) >= 11 is 0. The Labute approximate surface area is 229 Å². The van der Waals surface area contributed by atoms with E-state index in [1.54, 1.807) is 6.20 Å². The molecule has 1 aromatic carbocycles. The number of pyridine rings is 2. The number of likely N-dealkylation sites (tertiary alicyclic amines) is 1. The van der Waals surface area contributed by atoms with Crippen molar-refractivity contribution in [2.75, 3.05) is 56.5 Å². The molecule has 6 rings (SSSR count). The normalized spacial score (nSPS) is 17.3. The summed E-state index contributed by atoms with van der Waals surface area (Å²) in [6, 6.07) is 12.1. The number of H-pyrrole nitrogens is 1. The minimum absolute atomic E-state index is 0.263. The number of benzene rings is 1. The molecule has 39 heavy (non-hydrogen) atoms. The van der Waals surface area contributed by atoms with Crippen LogP contribution in [0.3, 0.4) is 0 Å². The van der Waals surface area contributed by atoms with E-state index in [-0.39, 0.29) is 5.91 Å². The van der Waals surface area contributed by atoms with Gasteiger partial charge < -0.3 is 15.1 Å². The molecule has 9 nitrogen and oxygen atoms in total. The molecule has 5 heterocycles. The Morgan fingerprint density at radius 3 is 2.49 bits per heavy atom. The van der Waals surface area contributed by atoms with Crippen molar-refractivity contribution in [2.45, 2.75) is 32.2 Å². The number of fused-ring (bicyclic) bond motifs is 1. The molecular formula is C30H36N8O. The third kappa shape index (κ3) is 5.94. The molecule has 2 fully saturated rings. The van der Waals surface area contributed by atoms with Crippen LogP contribution in [0.25, 0.3) is 22.0 Å². The second-order valence-electron chi connectivity index (χ2n) is 10.8. The van der Waals surface area contributed by atoms with Crippen molar-refractivity contribution >= 4 is 28.3 Å². The molecule has 0 saturated carbocycles. The molecule has 0 radical (unpaired) electrons. The number of nitrogens with zero attached hydrogens (tertiary/aromatic N) is 6. The smallest absolute Gasteiger partial charge is 0.276 e. The summed E-state index contributed by atoms with van der Waals surface area (Å²) in [5, 5.41) is 11.1. The van der Waals surface area contributed by atoms with Gasteiger partial charge in [0.25, 0.3) is 5.91 Å². The van der Waals surface area contributed by atoms with E-state index in [1.165, 1.54) is 31.2 Å². The number of carbonyl (C=O) groups is 1. The number of anilines is 2. The predicted octanol–water partition coefficient (Wildman–Crippen LogP) is 4.40.